The van der Waals surface area contributed by atoms with Gasteiger partial charge in [-0.25, -0.2) is 0 Å². The lowest BCUT2D eigenvalue weighted by Crippen LogP contribution is -2.06. The Bertz CT molecular complexity index is 679. The number of aryl methyl sites for hydroxylation is 1. The van der Waals surface area contributed by atoms with E-state index in [2.05, 4.69) is 15.5 Å². The van der Waals surface area contributed by atoms with Crippen LogP contribution in [-0.4, -0.2) is 17.2 Å². The van der Waals surface area contributed by atoms with Crippen LogP contribution in [0.15, 0.2) is 18.2 Å². The molecule has 0 radical (unpaired) electrons. The molecule has 0 amide bonds. The van der Waals surface area contributed by atoms with E-state index >= 15 is 0 Å². The van der Waals surface area contributed by atoms with Crippen LogP contribution in [0.25, 0.3) is 11.3 Å². The predicted octanol–water partition coefficient (Wildman–Crippen LogP) is 4.13. The molecule has 0 aliphatic carbocycles. The summed E-state index contributed by atoms with van der Waals surface area (Å²) < 4.78 is 38.1. The van der Waals surface area contributed by atoms with Crippen molar-refractivity contribution in [3.8, 4) is 11.3 Å². The van der Waals surface area contributed by atoms with Gasteiger partial charge < -0.3 is 5.32 Å². The fourth-order valence-electron chi connectivity index (χ4n) is 2.20. The SMILES string of the molecule is CNc1nnc(-c2ccc(C(F)(F)F)cc2C)c(C)c1C. The van der Waals surface area contributed by atoms with Crippen LogP contribution in [0.5, 0.6) is 0 Å². The Labute approximate surface area is 121 Å². The molecule has 21 heavy (non-hydrogen) atoms. The third kappa shape index (κ3) is 2.84. The normalized spacial score (nSPS) is 11.6. The molecule has 1 aromatic carbocycles. The van der Waals surface area contributed by atoms with Crippen molar-refractivity contribution in [2.24, 2.45) is 0 Å². The zero-order valence-electron chi connectivity index (χ0n) is 12.3. The van der Waals surface area contributed by atoms with Gasteiger partial charge in [-0.2, -0.15) is 13.2 Å². The predicted molar refractivity (Wildman–Crippen MR) is 76.2 cm³/mol. The van der Waals surface area contributed by atoms with Crippen LogP contribution in [0.3, 0.4) is 0 Å². The van der Waals surface area contributed by atoms with Crippen LogP contribution >= 0.6 is 0 Å². The van der Waals surface area contributed by atoms with Gasteiger partial charge in [0.1, 0.15) is 0 Å². The molecule has 1 heterocycles. The first-order chi connectivity index (χ1) is 9.75. The van der Waals surface area contributed by atoms with Gasteiger partial charge in [0.05, 0.1) is 11.3 Å². The van der Waals surface area contributed by atoms with Crippen molar-refractivity contribution >= 4 is 5.82 Å². The summed E-state index contributed by atoms with van der Waals surface area (Å²) in [4.78, 5) is 0. The number of alkyl halides is 3. The Morgan fingerprint density at radius 1 is 1.00 bits per heavy atom. The molecule has 2 rings (SSSR count). The molecule has 2 aromatic rings. The van der Waals surface area contributed by atoms with Crippen LogP contribution in [0, 0.1) is 20.8 Å². The van der Waals surface area contributed by atoms with E-state index in [0.717, 1.165) is 23.3 Å². The van der Waals surface area contributed by atoms with Crippen LogP contribution < -0.4 is 5.32 Å². The van der Waals surface area contributed by atoms with Crippen molar-refractivity contribution in [1.29, 1.82) is 0 Å². The smallest absolute Gasteiger partial charge is 0.371 e. The molecule has 3 nitrogen and oxygen atoms in total. The summed E-state index contributed by atoms with van der Waals surface area (Å²) in [7, 11) is 1.75. The molecule has 1 N–H and O–H groups in total. The Balaban J connectivity index is 2.56. The topological polar surface area (TPSA) is 37.8 Å². The van der Waals surface area contributed by atoms with Gasteiger partial charge in [0.15, 0.2) is 5.82 Å². The summed E-state index contributed by atoms with van der Waals surface area (Å²) in [6.07, 6.45) is -4.34. The van der Waals surface area contributed by atoms with E-state index in [1.807, 2.05) is 13.8 Å². The standard InChI is InChI=1S/C15H16F3N3/c1-8-7-11(15(16,17)18)5-6-12(8)13-9(2)10(3)14(19-4)21-20-13/h5-7H,1-4H3,(H,19,21). The third-order valence-electron chi connectivity index (χ3n) is 3.57. The molecular weight excluding hydrogens is 279 g/mol. The molecular formula is C15H16F3N3. The van der Waals surface area contributed by atoms with Crippen molar-refractivity contribution in [3.63, 3.8) is 0 Å². The van der Waals surface area contributed by atoms with E-state index < -0.39 is 11.7 Å². The Morgan fingerprint density at radius 3 is 2.19 bits per heavy atom. The summed E-state index contributed by atoms with van der Waals surface area (Å²) in [5, 5.41) is 11.1. The number of nitrogens with one attached hydrogen (secondary N) is 1. The van der Waals surface area contributed by atoms with Gasteiger partial charge >= 0.3 is 6.18 Å². The summed E-state index contributed by atoms with van der Waals surface area (Å²) in [5.74, 6) is 0.667. The van der Waals surface area contributed by atoms with Gasteiger partial charge in [0.25, 0.3) is 0 Å². The first-order valence-corrected chi connectivity index (χ1v) is 6.45. The average molecular weight is 295 g/mol. The molecule has 0 bridgehead atoms. The number of rotatable bonds is 2. The second-order valence-electron chi connectivity index (χ2n) is 4.92. The highest BCUT2D eigenvalue weighted by Gasteiger charge is 2.30. The number of benzene rings is 1. The van der Waals surface area contributed by atoms with Crippen LogP contribution in [0.4, 0.5) is 19.0 Å². The number of nitrogens with zero attached hydrogens (tertiary/aromatic N) is 2. The Kier molecular flexibility index (Phi) is 3.89. The van der Waals surface area contributed by atoms with Crippen molar-refractivity contribution in [2.45, 2.75) is 26.9 Å². The van der Waals surface area contributed by atoms with Crippen LogP contribution in [-0.2, 0) is 6.18 Å². The van der Waals surface area contributed by atoms with Gasteiger partial charge in [0.2, 0.25) is 0 Å². The number of halogens is 3. The Hall–Kier alpha value is -2.11. The van der Waals surface area contributed by atoms with E-state index in [4.69, 9.17) is 0 Å². The third-order valence-corrected chi connectivity index (χ3v) is 3.57. The maximum absolute atomic E-state index is 12.7. The van der Waals surface area contributed by atoms with Gasteiger partial charge in [-0.3, -0.25) is 0 Å². The van der Waals surface area contributed by atoms with E-state index in [1.165, 1.54) is 6.07 Å². The summed E-state index contributed by atoms with van der Waals surface area (Å²) in [6, 6.07) is 3.66. The highest BCUT2D eigenvalue weighted by atomic mass is 19.4. The molecule has 1 aromatic heterocycles. The Morgan fingerprint density at radius 2 is 1.67 bits per heavy atom. The highest BCUT2D eigenvalue weighted by Crippen LogP contribution is 2.34. The lowest BCUT2D eigenvalue weighted by atomic mass is 9.98. The zero-order valence-corrected chi connectivity index (χ0v) is 12.3. The van der Waals surface area contributed by atoms with Crippen molar-refractivity contribution in [3.05, 3.63) is 40.5 Å². The first-order valence-electron chi connectivity index (χ1n) is 6.45. The molecule has 0 saturated heterocycles. The molecule has 0 unspecified atom stereocenters. The van der Waals surface area contributed by atoms with Gasteiger partial charge in [-0.15, -0.1) is 10.2 Å². The maximum Gasteiger partial charge on any atom is 0.416 e. The molecule has 0 aliphatic heterocycles. The van der Waals surface area contributed by atoms with Gasteiger partial charge in [-0.1, -0.05) is 6.07 Å². The summed E-state index contributed by atoms with van der Waals surface area (Å²) in [6.45, 7) is 5.43. The number of aromatic nitrogens is 2. The zero-order chi connectivity index (χ0) is 15.8. The van der Waals surface area contributed by atoms with E-state index in [-0.39, 0.29) is 0 Å². The molecule has 112 valence electrons. The van der Waals surface area contributed by atoms with Gasteiger partial charge in [0, 0.05) is 12.6 Å². The molecule has 0 fully saturated rings. The van der Waals surface area contributed by atoms with E-state index in [9.17, 15) is 13.2 Å². The first kappa shape index (κ1) is 15.3. The minimum Gasteiger partial charge on any atom is -0.371 e. The fraction of sp³-hybridized carbons (Fsp3) is 0.333. The number of anilines is 1. The van der Waals surface area contributed by atoms with Gasteiger partial charge in [-0.05, 0) is 49.6 Å². The lowest BCUT2D eigenvalue weighted by Gasteiger charge is -2.14. The fourth-order valence-corrected chi connectivity index (χ4v) is 2.20. The number of hydrogen-bond acceptors (Lipinski definition) is 3. The van der Waals surface area contributed by atoms with E-state index in [1.54, 1.807) is 14.0 Å². The lowest BCUT2D eigenvalue weighted by molar-refractivity contribution is -0.137. The average Bonchev–Trinajstić information content (AvgIpc) is 2.41. The van der Waals surface area contributed by atoms with Crippen molar-refractivity contribution in [2.75, 3.05) is 12.4 Å². The highest BCUT2D eigenvalue weighted by molar-refractivity contribution is 5.69. The summed E-state index contributed by atoms with van der Waals surface area (Å²) >= 11 is 0. The number of hydrogen-bond donors (Lipinski definition) is 1. The molecule has 0 aliphatic rings. The van der Waals surface area contributed by atoms with Crippen LogP contribution in [0.1, 0.15) is 22.3 Å². The minimum atomic E-state index is -4.34. The molecule has 0 atom stereocenters. The van der Waals surface area contributed by atoms with E-state index in [0.29, 0.717) is 22.6 Å². The largest absolute Gasteiger partial charge is 0.416 e. The monoisotopic (exact) mass is 295 g/mol. The molecule has 0 saturated carbocycles. The quantitative estimate of drug-likeness (QED) is 0.905. The van der Waals surface area contributed by atoms with Crippen molar-refractivity contribution in [1.82, 2.24) is 10.2 Å². The summed E-state index contributed by atoms with van der Waals surface area (Å²) in [5.41, 5.74) is 2.98. The van der Waals surface area contributed by atoms with Crippen molar-refractivity contribution < 1.29 is 13.2 Å². The molecule has 0 spiro atoms. The minimum absolute atomic E-state index is 0.527. The second kappa shape index (κ2) is 5.35. The molecule has 6 heteroatoms. The maximum atomic E-state index is 12.7. The second-order valence-corrected chi connectivity index (χ2v) is 4.92. The van der Waals surface area contributed by atoms with Crippen LogP contribution in [0.2, 0.25) is 0 Å².